The molecule has 0 unspecified atom stereocenters. The fourth-order valence-corrected chi connectivity index (χ4v) is 3.95. The molecule has 3 rings (SSSR count). The van der Waals surface area contributed by atoms with Crippen LogP contribution < -0.4 is 5.32 Å². The first kappa shape index (κ1) is 23.5. The van der Waals surface area contributed by atoms with Gasteiger partial charge in [-0.05, 0) is 32.2 Å². The molecule has 0 aliphatic carbocycles. The number of aliphatic carboxylic acids is 1. The predicted octanol–water partition coefficient (Wildman–Crippen LogP) is 4.13. The van der Waals surface area contributed by atoms with Gasteiger partial charge in [-0.2, -0.15) is 13.2 Å². The lowest BCUT2D eigenvalue weighted by molar-refractivity contribution is -0.192. The molecule has 30 heavy (non-hydrogen) atoms. The van der Waals surface area contributed by atoms with Crippen molar-refractivity contribution in [3.63, 3.8) is 0 Å². The van der Waals surface area contributed by atoms with Crippen LogP contribution in [-0.4, -0.2) is 38.1 Å². The highest BCUT2D eigenvalue weighted by Crippen LogP contribution is 2.32. The van der Waals surface area contributed by atoms with E-state index in [-0.39, 0.29) is 5.91 Å². The number of carbonyl (C=O) groups is 2. The predicted molar refractivity (Wildman–Crippen MR) is 107 cm³/mol. The second-order valence-electron chi connectivity index (χ2n) is 6.62. The summed E-state index contributed by atoms with van der Waals surface area (Å²) in [5.41, 5.74) is 1.01. The summed E-state index contributed by atoms with van der Waals surface area (Å²) in [7, 11) is 0. The van der Waals surface area contributed by atoms with Gasteiger partial charge in [-0.3, -0.25) is 4.79 Å². The Hall–Kier alpha value is -2.73. The molecule has 0 bridgehead atoms. The number of hydrogen-bond acceptors (Lipinski definition) is 6. The van der Waals surface area contributed by atoms with Gasteiger partial charge in [0.1, 0.15) is 10.8 Å². The Morgan fingerprint density at radius 2 is 1.93 bits per heavy atom. The number of aryl methyl sites for hydroxylation is 1. The summed E-state index contributed by atoms with van der Waals surface area (Å²) in [4.78, 5) is 34.5. The lowest BCUT2D eigenvalue weighted by Gasteiger charge is -2.21. The molecule has 0 saturated heterocycles. The third kappa shape index (κ3) is 6.13. The highest BCUT2D eigenvalue weighted by molar-refractivity contribution is 7.20. The maximum absolute atomic E-state index is 12.6. The maximum atomic E-state index is 12.6. The Morgan fingerprint density at radius 3 is 2.43 bits per heavy atom. The molecule has 3 aromatic rings. The van der Waals surface area contributed by atoms with E-state index in [1.807, 2.05) is 43.7 Å². The van der Waals surface area contributed by atoms with E-state index < -0.39 is 17.6 Å². The Labute approximate surface area is 178 Å². The summed E-state index contributed by atoms with van der Waals surface area (Å²) in [6.45, 7) is 6.11. The number of halogens is 3. The SMILES string of the molecule is Cc1ncc(CNC(=O)C(C)(C)c2csc(-c3cccs3)n2)[nH]1.O=C(O)C(F)(F)F. The summed E-state index contributed by atoms with van der Waals surface area (Å²) in [6.07, 6.45) is -3.35. The fourth-order valence-electron chi connectivity index (χ4n) is 2.15. The number of aromatic nitrogens is 3. The van der Waals surface area contributed by atoms with Crippen molar-refractivity contribution >= 4 is 34.6 Å². The van der Waals surface area contributed by atoms with Crippen LogP contribution in [0.3, 0.4) is 0 Å². The molecule has 3 N–H and O–H groups in total. The summed E-state index contributed by atoms with van der Waals surface area (Å²) < 4.78 is 31.7. The van der Waals surface area contributed by atoms with Crippen molar-refractivity contribution in [2.45, 2.75) is 38.9 Å². The molecule has 0 aromatic carbocycles. The zero-order valence-electron chi connectivity index (χ0n) is 16.2. The van der Waals surface area contributed by atoms with E-state index in [9.17, 15) is 18.0 Å². The number of nitrogens with zero attached hydrogens (tertiary/aromatic N) is 2. The van der Waals surface area contributed by atoms with E-state index in [2.05, 4.69) is 20.3 Å². The number of carboxylic acids is 1. The molecule has 0 aliphatic heterocycles. The van der Waals surface area contributed by atoms with Crippen LogP contribution in [0.1, 0.15) is 31.1 Å². The molecular formula is C18H19F3N4O3S2. The normalized spacial score (nSPS) is 11.5. The van der Waals surface area contributed by atoms with E-state index in [1.165, 1.54) is 0 Å². The van der Waals surface area contributed by atoms with Crippen LogP contribution in [-0.2, 0) is 21.5 Å². The van der Waals surface area contributed by atoms with Gasteiger partial charge in [-0.1, -0.05) is 6.07 Å². The number of rotatable bonds is 5. The van der Waals surface area contributed by atoms with Gasteiger partial charge >= 0.3 is 12.1 Å². The molecule has 0 atom stereocenters. The number of hydrogen-bond donors (Lipinski definition) is 3. The largest absolute Gasteiger partial charge is 0.490 e. The Kier molecular flexibility index (Phi) is 7.37. The van der Waals surface area contributed by atoms with Gasteiger partial charge in [-0.15, -0.1) is 22.7 Å². The standard InChI is InChI=1S/C16H18N4OS2.C2HF3O2/c1-10-17-7-11(19-10)8-18-15(21)16(2,3)13-9-23-14(20-13)12-5-4-6-22-12;3-2(4,5)1(6)7/h4-7,9H,8H2,1-3H3,(H,17,19)(H,18,21);(H,6,7). The van der Waals surface area contributed by atoms with E-state index in [1.54, 1.807) is 28.9 Å². The average molecular weight is 461 g/mol. The monoisotopic (exact) mass is 460 g/mol. The molecule has 0 radical (unpaired) electrons. The first-order valence-corrected chi connectivity index (χ1v) is 10.3. The highest BCUT2D eigenvalue weighted by Gasteiger charge is 2.38. The van der Waals surface area contributed by atoms with Crippen molar-refractivity contribution < 1.29 is 27.9 Å². The maximum Gasteiger partial charge on any atom is 0.490 e. The number of amides is 1. The summed E-state index contributed by atoms with van der Waals surface area (Å²) >= 11 is 3.23. The van der Waals surface area contributed by atoms with Crippen LogP contribution in [0.15, 0.2) is 29.1 Å². The number of alkyl halides is 3. The van der Waals surface area contributed by atoms with Crippen molar-refractivity contribution in [3.8, 4) is 9.88 Å². The van der Waals surface area contributed by atoms with Gasteiger partial charge in [0.05, 0.1) is 34.4 Å². The molecule has 0 aliphatic rings. The van der Waals surface area contributed by atoms with Crippen LogP contribution in [0.4, 0.5) is 13.2 Å². The van der Waals surface area contributed by atoms with Gasteiger partial charge in [0.25, 0.3) is 0 Å². The second kappa shape index (κ2) is 9.39. The Morgan fingerprint density at radius 1 is 1.27 bits per heavy atom. The number of imidazole rings is 1. The fraction of sp³-hybridized carbons (Fsp3) is 0.333. The highest BCUT2D eigenvalue weighted by atomic mass is 32.1. The summed E-state index contributed by atoms with van der Waals surface area (Å²) in [5, 5.41) is 15.0. The van der Waals surface area contributed by atoms with E-state index in [0.29, 0.717) is 6.54 Å². The van der Waals surface area contributed by atoms with Crippen molar-refractivity contribution in [1.29, 1.82) is 0 Å². The first-order valence-electron chi connectivity index (χ1n) is 8.50. The van der Waals surface area contributed by atoms with E-state index in [0.717, 1.165) is 27.1 Å². The van der Waals surface area contributed by atoms with Gasteiger partial charge < -0.3 is 15.4 Å². The zero-order valence-corrected chi connectivity index (χ0v) is 17.8. The molecule has 0 saturated carbocycles. The Bertz CT molecular complexity index is 995. The first-order chi connectivity index (χ1) is 13.9. The number of aromatic amines is 1. The van der Waals surface area contributed by atoms with Crippen LogP contribution in [0.25, 0.3) is 9.88 Å². The molecule has 3 heterocycles. The van der Waals surface area contributed by atoms with Crippen molar-refractivity contribution in [1.82, 2.24) is 20.3 Å². The molecule has 0 fully saturated rings. The van der Waals surface area contributed by atoms with Gasteiger partial charge in [-0.25, -0.2) is 14.8 Å². The molecular weight excluding hydrogens is 441 g/mol. The Balaban J connectivity index is 0.000000396. The molecule has 7 nitrogen and oxygen atoms in total. The molecule has 3 aromatic heterocycles. The average Bonchev–Trinajstić information content (AvgIpc) is 3.40. The minimum atomic E-state index is -5.08. The summed E-state index contributed by atoms with van der Waals surface area (Å²) in [5.74, 6) is -1.96. The molecule has 1 amide bonds. The molecule has 162 valence electrons. The second-order valence-corrected chi connectivity index (χ2v) is 8.43. The number of carboxylic acid groups (broad SMARTS) is 1. The lowest BCUT2D eigenvalue weighted by Crippen LogP contribution is -2.40. The number of thiophene rings is 1. The topological polar surface area (TPSA) is 108 Å². The zero-order chi connectivity index (χ0) is 22.5. The number of thiazole rings is 1. The lowest BCUT2D eigenvalue weighted by atomic mass is 9.89. The van der Waals surface area contributed by atoms with Gasteiger partial charge in [0, 0.05) is 5.38 Å². The number of H-pyrrole nitrogens is 1. The summed E-state index contributed by atoms with van der Waals surface area (Å²) in [6, 6.07) is 4.05. The third-order valence-electron chi connectivity index (χ3n) is 3.88. The van der Waals surface area contributed by atoms with Crippen molar-refractivity contribution in [2.24, 2.45) is 0 Å². The smallest absolute Gasteiger partial charge is 0.475 e. The van der Waals surface area contributed by atoms with Crippen molar-refractivity contribution in [3.05, 3.63) is 46.3 Å². The van der Waals surface area contributed by atoms with Crippen LogP contribution in [0, 0.1) is 6.92 Å². The molecule has 0 spiro atoms. The van der Waals surface area contributed by atoms with Crippen LogP contribution >= 0.6 is 22.7 Å². The number of carbonyl (C=O) groups excluding carboxylic acids is 1. The van der Waals surface area contributed by atoms with Gasteiger partial charge in [0.2, 0.25) is 5.91 Å². The van der Waals surface area contributed by atoms with Crippen LogP contribution in [0.2, 0.25) is 0 Å². The van der Waals surface area contributed by atoms with Crippen molar-refractivity contribution in [2.75, 3.05) is 0 Å². The minimum absolute atomic E-state index is 0.0483. The van der Waals surface area contributed by atoms with E-state index >= 15 is 0 Å². The van der Waals surface area contributed by atoms with Gasteiger partial charge in [0.15, 0.2) is 0 Å². The minimum Gasteiger partial charge on any atom is -0.475 e. The van der Waals surface area contributed by atoms with E-state index in [4.69, 9.17) is 9.90 Å². The quantitative estimate of drug-likeness (QED) is 0.531. The number of nitrogens with one attached hydrogen (secondary N) is 2. The molecule has 12 heteroatoms. The van der Waals surface area contributed by atoms with Crippen LogP contribution in [0.5, 0.6) is 0 Å². The third-order valence-corrected chi connectivity index (χ3v) is 5.76.